The highest BCUT2D eigenvalue weighted by Crippen LogP contribution is 2.51. The number of rotatable bonds is 0. The molecule has 0 radical (unpaired) electrons. The van der Waals surface area contributed by atoms with Gasteiger partial charge in [0.15, 0.2) is 0 Å². The summed E-state index contributed by atoms with van der Waals surface area (Å²) >= 11 is 0. The maximum absolute atomic E-state index is 11.9. The van der Waals surface area contributed by atoms with E-state index >= 15 is 0 Å². The van der Waals surface area contributed by atoms with Crippen LogP contribution in [0.25, 0.3) is 0 Å². The average molecular weight is 266 g/mol. The van der Waals surface area contributed by atoms with Crippen LogP contribution in [0.15, 0.2) is 0 Å². The van der Waals surface area contributed by atoms with Crippen molar-refractivity contribution in [3.8, 4) is 0 Å². The van der Waals surface area contributed by atoms with E-state index in [1.807, 2.05) is 13.8 Å². The molecule has 2 saturated heterocycles. The summed E-state index contributed by atoms with van der Waals surface area (Å²) in [5, 5.41) is 0. The third-order valence-electron chi connectivity index (χ3n) is 5.58. The number of ether oxygens (including phenoxy) is 2. The van der Waals surface area contributed by atoms with Gasteiger partial charge in [0.25, 0.3) is 0 Å². The molecule has 0 amide bonds. The van der Waals surface area contributed by atoms with E-state index < -0.39 is 5.60 Å². The zero-order valence-corrected chi connectivity index (χ0v) is 11.8. The number of fused-ring (bicyclic) bond motifs is 3. The summed E-state index contributed by atoms with van der Waals surface area (Å²) in [7, 11) is 0. The second-order valence-electron chi connectivity index (χ2n) is 6.67. The van der Waals surface area contributed by atoms with Gasteiger partial charge in [0, 0.05) is 18.3 Å². The highest BCUT2D eigenvalue weighted by Gasteiger charge is 2.60. The second kappa shape index (κ2) is 4.22. The Morgan fingerprint density at radius 2 is 1.89 bits per heavy atom. The van der Waals surface area contributed by atoms with Crippen LogP contribution in [0.1, 0.15) is 46.5 Å². The highest BCUT2D eigenvalue weighted by molar-refractivity contribution is 5.76. The summed E-state index contributed by atoms with van der Waals surface area (Å²) in [6.07, 6.45) is 3.16. The normalized spacial score (nSPS) is 49.7. The molecule has 0 aromatic carbocycles. The molecule has 4 nitrogen and oxygen atoms in total. The zero-order chi connectivity index (χ0) is 13.8. The molecule has 0 aromatic heterocycles. The summed E-state index contributed by atoms with van der Waals surface area (Å²) in [5.74, 6) is 0.644. The lowest BCUT2D eigenvalue weighted by atomic mass is 9.72. The molecular formula is C15H22O4. The van der Waals surface area contributed by atoms with Crippen LogP contribution in [0.5, 0.6) is 0 Å². The van der Waals surface area contributed by atoms with Gasteiger partial charge in [0.2, 0.25) is 0 Å². The summed E-state index contributed by atoms with van der Waals surface area (Å²) in [6.45, 7) is 6.14. The molecule has 6 atom stereocenters. The maximum atomic E-state index is 11.9. The predicted octanol–water partition coefficient (Wildman–Crippen LogP) is 2.31. The molecule has 19 heavy (non-hydrogen) atoms. The summed E-state index contributed by atoms with van der Waals surface area (Å²) in [4.78, 5) is 23.6. The first-order valence-electron chi connectivity index (χ1n) is 7.36. The van der Waals surface area contributed by atoms with Crippen LogP contribution in [-0.2, 0) is 19.1 Å². The van der Waals surface area contributed by atoms with Crippen molar-refractivity contribution in [3.05, 3.63) is 0 Å². The van der Waals surface area contributed by atoms with Gasteiger partial charge in [0.05, 0.1) is 5.92 Å². The molecule has 0 unspecified atom stereocenters. The third kappa shape index (κ3) is 1.79. The van der Waals surface area contributed by atoms with Gasteiger partial charge in [0.1, 0.15) is 11.7 Å². The molecule has 0 bridgehead atoms. The van der Waals surface area contributed by atoms with Crippen LogP contribution < -0.4 is 0 Å². The topological polar surface area (TPSA) is 52.6 Å². The van der Waals surface area contributed by atoms with Gasteiger partial charge >= 0.3 is 11.9 Å². The Balaban J connectivity index is 2.00. The standard InChI is InChI=1S/C15H22O4/c1-8-4-5-10-9(2)14(17)18-13(10)15(3)11(8)6-7-12(16)19-15/h8-11,13H,4-7H2,1-3H3/t8-,9+,10-,11-,13+,15+/m0/s1. The fourth-order valence-electron chi connectivity index (χ4n) is 4.41. The Kier molecular flexibility index (Phi) is 2.88. The van der Waals surface area contributed by atoms with E-state index in [4.69, 9.17) is 9.47 Å². The minimum Gasteiger partial charge on any atom is -0.458 e. The molecular weight excluding hydrogens is 244 g/mol. The Bertz CT molecular complexity index is 418. The first kappa shape index (κ1) is 12.9. The number of carbonyl (C=O) groups excluding carboxylic acids is 2. The van der Waals surface area contributed by atoms with Crippen LogP contribution in [0.4, 0.5) is 0 Å². The van der Waals surface area contributed by atoms with E-state index in [2.05, 4.69) is 6.92 Å². The minimum atomic E-state index is -0.629. The zero-order valence-electron chi connectivity index (χ0n) is 11.8. The monoisotopic (exact) mass is 266 g/mol. The van der Waals surface area contributed by atoms with E-state index in [1.165, 1.54) is 0 Å². The third-order valence-corrected chi connectivity index (χ3v) is 5.58. The molecule has 3 aliphatic rings. The smallest absolute Gasteiger partial charge is 0.309 e. The van der Waals surface area contributed by atoms with Crippen molar-refractivity contribution in [2.75, 3.05) is 0 Å². The predicted molar refractivity (Wildman–Crippen MR) is 68.2 cm³/mol. The Morgan fingerprint density at radius 1 is 1.16 bits per heavy atom. The summed E-state index contributed by atoms with van der Waals surface area (Å²) in [6, 6.07) is 0. The van der Waals surface area contributed by atoms with E-state index in [-0.39, 0.29) is 29.9 Å². The highest BCUT2D eigenvalue weighted by atomic mass is 16.6. The van der Waals surface area contributed by atoms with Crippen molar-refractivity contribution < 1.29 is 19.1 Å². The van der Waals surface area contributed by atoms with E-state index in [1.54, 1.807) is 0 Å². The molecule has 2 heterocycles. The lowest BCUT2D eigenvalue weighted by Gasteiger charge is -2.45. The van der Waals surface area contributed by atoms with Crippen LogP contribution in [0.3, 0.4) is 0 Å². The fourth-order valence-corrected chi connectivity index (χ4v) is 4.41. The molecule has 106 valence electrons. The molecule has 0 spiro atoms. The van der Waals surface area contributed by atoms with Gasteiger partial charge in [-0.2, -0.15) is 0 Å². The van der Waals surface area contributed by atoms with E-state index in [0.29, 0.717) is 18.3 Å². The van der Waals surface area contributed by atoms with Gasteiger partial charge in [-0.05, 0) is 32.1 Å². The maximum Gasteiger partial charge on any atom is 0.309 e. The van der Waals surface area contributed by atoms with Crippen LogP contribution in [0, 0.1) is 23.7 Å². The van der Waals surface area contributed by atoms with Crippen LogP contribution in [-0.4, -0.2) is 23.6 Å². The van der Waals surface area contributed by atoms with Gasteiger partial charge < -0.3 is 9.47 Å². The van der Waals surface area contributed by atoms with Crippen molar-refractivity contribution in [2.24, 2.45) is 23.7 Å². The quantitative estimate of drug-likeness (QED) is 0.631. The number of carbonyl (C=O) groups is 2. The first-order chi connectivity index (χ1) is 8.93. The van der Waals surface area contributed by atoms with Crippen LogP contribution in [0.2, 0.25) is 0 Å². The largest absolute Gasteiger partial charge is 0.458 e. The molecule has 1 saturated carbocycles. The minimum absolute atomic E-state index is 0.0756. The van der Waals surface area contributed by atoms with Gasteiger partial charge in [-0.1, -0.05) is 13.8 Å². The molecule has 2 aliphatic heterocycles. The summed E-state index contributed by atoms with van der Waals surface area (Å²) < 4.78 is 11.3. The Hall–Kier alpha value is -1.06. The number of hydrogen-bond acceptors (Lipinski definition) is 4. The molecule has 3 fully saturated rings. The van der Waals surface area contributed by atoms with Gasteiger partial charge in [-0.25, -0.2) is 0 Å². The van der Waals surface area contributed by atoms with Crippen molar-refractivity contribution in [1.29, 1.82) is 0 Å². The van der Waals surface area contributed by atoms with Gasteiger partial charge in [-0.15, -0.1) is 0 Å². The van der Waals surface area contributed by atoms with Crippen molar-refractivity contribution in [2.45, 2.75) is 58.2 Å². The van der Waals surface area contributed by atoms with Crippen molar-refractivity contribution >= 4 is 11.9 Å². The summed E-state index contributed by atoms with van der Waals surface area (Å²) in [5.41, 5.74) is -0.629. The lowest BCUT2D eigenvalue weighted by Crippen LogP contribution is -2.55. The average Bonchev–Trinajstić information content (AvgIpc) is 2.58. The van der Waals surface area contributed by atoms with Gasteiger partial charge in [-0.3, -0.25) is 9.59 Å². The fraction of sp³-hybridized carbons (Fsp3) is 0.867. The molecule has 4 heteroatoms. The molecule has 0 aromatic rings. The lowest BCUT2D eigenvalue weighted by molar-refractivity contribution is -0.202. The number of esters is 2. The first-order valence-corrected chi connectivity index (χ1v) is 7.36. The number of hydrogen-bond donors (Lipinski definition) is 0. The molecule has 1 aliphatic carbocycles. The second-order valence-corrected chi connectivity index (χ2v) is 6.67. The van der Waals surface area contributed by atoms with Crippen molar-refractivity contribution in [1.82, 2.24) is 0 Å². The van der Waals surface area contributed by atoms with Crippen LogP contribution >= 0.6 is 0 Å². The Morgan fingerprint density at radius 3 is 2.63 bits per heavy atom. The Labute approximate surface area is 113 Å². The SMILES string of the molecule is C[C@H]1CC[C@@H]2[C@@H](OC(=O)[C@@H]2C)[C@]2(C)OC(=O)CC[C@@H]12. The van der Waals surface area contributed by atoms with E-state index in [9.17, 15) is 9.59 Å². The molecule has 3 rings (SSSR count). The molecule has 0 N–H and O–H groups in total. The van der Waals surface area contributed by atoms with E-state index in [0.717, 1.165) is 19.3 Å². The van der Waals surface area contributed by atoms with Crippen molar-refractivity contribution in [3.63, 3.8) is 0 Å².